The van der Waals surface area contributed by atoms with Crippen LogP contribution in [0.25, 0.3) is 0 Å². The Morgan fingerprint density at radius 2 is 2.02 bits per heavy atom. The van der Waals surface area contributed by atoms with Crippen molar-refractivity contribution in [3.8, 4) is 0 Å². The molecule has 232 valence electrons. The number of carboxylic acid groups (broad SMARTS) is 1. The third-order valence-electron chi connectivity index (χ3n) is 6.28. The van der Waals surface area contributed by atoms with Crippen molar-refractivity contribution in [2.45, 2.75) is 74.2 Å². The molecule has 0 saturated carbocycles. The number of phosphoric acid groups is 1. The number of ether oxygens (including phenoxy) is 2. The number of hydrogen-bond acceptors (Lipinski definition) is 15. The van der Waals surface area contributed by atoms with E-state index in [1.807, 2.05) is 0 Å². The van der Waals surface area contributed by atoms with Crippen molar-refractivity contribution in [2.24, 2.45) is 0 Å². The Bertz CT molecular complexity index is 1220. The van der Waals surface area contributed by atoms with Gasteiger partial charge in [0.2, 0.25) is 5.91 Å². The summed E-state index contributed by atoms with van der Waals surface area (Å²) in [6.45, 7) is -1.32. The number of alkyl halides is 1. The first-order chi connectivity index (χ1) is 19.0. The van der Waals surface area contributed by atoms with E-state index in [4.69, 9.17) is 29.4 Å². The van der Waals surface area contributed by atoms with Gasteiger partial charge in [-0.15, -0.1) is 0 Å². The molecule has 11 atom stereocenters. The second-order valence-electron chi connectivity index (χ2n) is 9.27. The van der Waals surface area contributed by atoms with Gasteiger partial charge in [-0.2, -0.15) is 4.98 Å². The number of aliphatic hydroxyl groups is 5. The van der Waals surface area contributed by atoms with Gasteiger partial charge >= 0.3 is 19.5 Å². The van der Waals surface area contributed by atoms with Crippen LogP contribution in [0.1, 0.15) is 19.6 Å². The number of carboxylic acids is 1. The van der Waals surface area contributed by atoms with Gasteiger partial charge in [-0.05, 0) is 6.07 Å². The van der Waals surface area contributed by atoms with Gasteiger partial charge in [-0.3, -0.25) is 13.9 Å². The molecule has 2 saturated heterocycles. The minimum Gasteiger partial charge on any atom is -0.477 e. The van der Waals surface area contributed by atoms with Crippen LogP contribution in [-0.4, -0.2) is 125 Å². The summed E-state index contributed by atoms with van der Waals surface area (Å²) < 4.78 is 47.6. The number of nitrogens with two attached hydrogens (primary N) is 1. The van der Waals surface area contributed by atoms with Gasteiger partial charge in [0.1, 0.15) is 36.3 Å². The summed E-state index contributed by atoms with van der Waals surface area (Å²) in [6.07, 6.45) is -15.6. The zero-order valence-corrected chi connectivity index (χ0v) is 22.1. The van der Waals surface area contributed by atoms with Crippen molar-refractivity contribution in [1.82, 2.24) is 14.9 Å². The molecule has 3 rings (SSSR count). The number of aromatic nitrogens is 2. The van der Waals surface area contributed by atoms with E-state index in [0.717, 1.165) is 17.7 Å². The van der Waals surface area contributed by atoms with Gasteiger partial charge in [0.15, 0.2) is 12.4 Å². The maximum absolute atomic E-state index is 14.1. The lowest BCUT2D eigenvalue weighted by atomic mass is 9.89. The Labute approximate surface area is 229 Å². The lowest BCUT2D eigenvalue weighted by Gasteiger charge is -2.46. The summed E-state index contributed by atoms with van der Waals surface area (Å²) in [4.78, 5) is 49.5. The van der Waals surface area contributed by atoms with Crippen LogP contribution >= 0.6 is 7.82 Å². The van der Waals surface area contributed by atoms with Gasteiger partial charge in [0, 0.05) is 19.5 Å². The molecule has 19 nitrogen and oxygen atoms in total. The van der Waals surface area contributed by atoms with Crippen molar-refractivity contribution in [1.29, 1.82) is 0 Å². The average Bonchev–Trinajstić information content (AvgIpc) is 3.16. The largest absolute Gasteiger partial charge is 0.477 e. The summed E-state index contributed by atoms with van der Waals surface area (Å²) in [7, 11) is -5.55. The van der Waals surface area contributed by atoms with E-state index in [1.165, 1.54) is 6.07 Å². The molecule has 1 amide bonds. The normalized spacial score (nSPS) is 34.9. The number of halogens is 1. The Hall–Kier alpha value is -2.62. The third kappa shape index (κ3) is 7.24. The van der Waals surface area contributed by atoms with Crippen LogP contribution in [0, 0.1) is 0 Å². The third-order valence-corrected chi connectivity index (χ3v) is 7.28. The predicted molar refractivity (Wildman–Crippen MR) is 127 cm³/mol. The fraction of sp³-hybridized carbons (Fsp3) is 0.700. The highest BCUT2D eigenvalue weighted by molar-refractivity contribution is 7.47. The summed E-state index contributed by atoms with van der Waals surface area (Å²) in [5.41, 5.74) is 4.45. The molecule has 0 aromatic carbocycles. The minimum absolute atomic E-state index is 0.142. The highest BCUT2D eigenvalue weighted by atomic mass is 31.2. The van der Waals surface area contributed by atoms with E-state index in [0.29, 0.717) is 0 Å². The monoisotopic (exact) mass is 616 g/mol. The van der Waals surface area contributed by atoms with E-state index < -0.39 is 106 Å². The maximum atomic E-state index is 14.1. The molecule has 1 aromatic rings. The number of carbonyl (C=O) groups is 2. The fourth-order valence-corrected chi connectivity index (χ4v) is 5.26. The van der Waals surface area contributed by atoms with Crippen LogP contribution in [-0.2, 0) is 32.7 Å². The number of rotatable bonds is 11. The molecule has 10 N–H and O–H groups in total. The van der Waals surface area contributed by atoms with Crippen LogP contribution in [0.15, 0.2) is 17.1 Å². The second-order valence-corrected chi connectivity index (χ2v) is 10.6. The number of nitrogen functional groups attached to an aromatic ring is 1. The first kappa shape index (κ1) is 32.9. The first-order valence-electron chi connectivity index (χ1n) is 11.9. The maximum Gasteiger partial charge on any atom is 0.475 e. The zero-order valence-electron chi connectivity index (χ0n) is 21.2. The number of aliphatic carboxylic acids is 1. The van der Waals surface area contributed by atoms with E-state index in [1.54, 1.807) is 0 Å². The number of nitrogens with one attached hydrogen (secondary N) is 1. The van der Waals surface area contributed by atoms with Crippen LogP contribution < -0.4 is 16.7 Å². The van der Waals surface area contributed by atoms with E-state index in [2.05, 4.69) is 10.3 Å². The Morgan fingerprint density at radius 1 is 1.37 bits per heavy atom. The number of anilines is 1. The Kier molecular flexibility index (Phi) is 10.2. The summed E-state index contributed by atoms with van der Waals surface area (Å²) >= 11 is 0. The molecule has 0 aliphatic carbocycles. The molecule has 3 heterocycles. The molecule has 41 heavy (non-hydrogen) atoms. The average molecular weight is 616 g/mol. The topological polar surface area (TPSA) is 303 Å². The number of amides is 1. The van der Waals surface area contributed by atoms with Crippen LogP contribution in [0.4, 0.5) is 10.2 Å². The van der Waals surface area contributed by atoms with E-state index in [9.17, 15) is 53.8 Å². The van der Waals surface area contributed by atoms with Crippen LogP contribution in [0.2, 0.25) is 0 Å². The van der Waals surface area contributed by atoms with E-state index >= 15 is 0 Å². The number of hydrogen-bond donors (Lipinski definition) is 9. The highest BCUT2D eigenvalue weighted by Crippen LogP contribution is 2.51. The molecule has 2 aliphatic rings. The molecule has 2 aliphatic heterocycles. The molecule has 1 aromatic heterocycles. The van der Waals surface area contributed by atoms with Crippen molar-refractivity contribution < 1.29 is 72.6 Å². The number of carbonyl (C=O) groups excluding carboxylic acids is 1. The van der Waals surface area contributed by atoms with Gasteiger partial charge in [-0.1, -0.05) is 0 Å². The van der Waals surface area contributed by atoms with Crippen molar-refractivity contribution in [3.63, 3.8) is 0 Å². The van der Waals surface area contributed by atoms with Crippen molar-refractivity contribution in [3.05, 3.63) is 22.7 Å². The van der Waals surface area contributed by atoms with Gasteiger partial charge in [-0.25, -0.2) is 23.1 Å². The molecule has 0 spiro atoms. The number of aliphatic hydroxyl groups excluding tert-OH is 5. The Balaban J connectivity index is 1.79. The summed E-state index contributed by atoms with van der Waals surface area (Å²) in [6, 6.07) is -0.450. The van der Waals surface area contributed by atoms with Gasteiger partial charge in [0.05, 0.1) is 25.4 Å². The van der Waals surface area contributed by atoms with E-state index in [-0.39, 0.29) is 5.82 Å². The Morgan fingerprint density at radius 3 is 2.59 bits per heavy atom. The SMILES string of the molecule is CC(=O)N[C@H]1[C@H]([C@H](O)[C@H](F)CO)O[C@](OP(=O)(O)OC[C@H]2O[C@@H](n3ccc(N)nc3=O)[C@H](O)[C@@H]2O)(C(=O)O)C[C@@H]1O. The molecule has 21 heteroatoms. The van der Waals surface area contributed by atoms with Gasteiger partial charge < -0.3 is 56.1 Å². The fourth-order valence-electron chi connectivity index (χ4n) is 4.30. The minimum atomic E-state index is -5.55. The lowest BCUT2D eigenvalue weighted by Crippen LogP contribution is -2.67. The lowest BCUT2D eigenvalue weighted by molar-refractivity contribution is -0.287. The van der Waals surface area contributed by atoms with Crippen molar-refractivity contribution >= 4 is 25.5 Å². The quantitative estimate of drug-likeness (QED) is 0.106. The molecule has 1 unspecified atom stereocenters. The molecule has 2 fully saturated rings. The summed E-state index contributed by atoms with van der Waals surface area (Å²) in [5, 5.41) is 62.4. The van der Waals surface area contributed by atoms with Crippen LogP contribution in [0.3, 0.4) is 0 Å². The molecule has 0 radical (unpaired) electrons. The number of phosphoric ester groups is 1. The smallest absolute Gasteiger partial charge is 0.475 e. The van der Waals surface area contributed by atoms with Crippen LogP contribution in [0.5, 0.6) is 0 Å². The van der Waals surface area contributed by atoms with Crippen molar-refractivity contribution in [2.75, 3.05) is 18.9 Å². The second kappa shape index (κ2) is 12.7. The first-order valence-corrected chi connectivity index (χ1v) is 13.3. The molecular weight excluding hydrogens is 586 g/mol. The molecule has 0 bridgehead atoms. The predicted octanol–water partition coefficient (Wildman–Crippen LogP) is -4.29. The zero-order chi connectivity index (χ0) is 30.9. The van der Waals surface area contributed by atoms with Gasteiger partial charge in [0.25, 0.3) is 5.79 Å². The highest BCUT2D eigenvalue weighted by Gasteiger charge is 2.59. The standard InChI is InChI=1S/C20H30FN4O15P/c1-7(27)23-12-9(28)4-20(18(32)33,39-16(12)13(29)8(21)5-26)40-41(35,36)37-6-10-14(30)15(31)17(38-10)25-3-2-11(22)24-19(25)34/h2-3,8-10,12-17,26,28-31H,4-6H2,1H3,(H,23,27)(H,32,33)(H,35,36)(H2,22,24,34)/t8-,9+,10-,12-,13-,14-,15-,16-,17-,20-/m1/s1. The number of nitrogens with zero attached hydrogens (tertiary/aromatic N) is 2. The molecular formula is C20H30FN4O15P. The summed E-state index contributed by atoms with van der Waals surface area (Å²) in [5.74, 6) is -6.34.